The van der Waals surface area contributed by atoms with Gasteiger partial charge >= 0.3 is 0 Å². The molecule has 1 rings (SSSR count). The van der Waals surface area contributed by atoms with Crippen LogP contribution in [0.4, 0.5) is 0 Å². The number of hydrogen-bond donors (Lipinski definition) is 2. The van der Waals surface area contributed by atoms with E-state index in [4.69, 9.17) is 10.9 Å². The molecule has 0 saturated carbocycles. The van der Waals surface area contributed by atoms with Gasteiger partial charge in [0.05, 0.1) is 6.54 Å². The van der Waals surface area contributed by atoms with Crippen LogP contribution >= 0.6 is 0 Å². The van der Waals surface area contributed by atoms with Gasteiger partial charge in [0, 0.05) is 32.4 Å². The monoisotopic (exact) mass is 306 g/mol. The molecule has 0 aromatic heterocycles. The SMILES string of the molecule is CC(C)(C(=O)N1CCN(CC(N)=NO)CC1)S(C)(=O)=O. The summed E-state index contributed by atoms with van der Waals surface area (Å²) in [5, 5.41) is 11.4. The van der Waals surface area contributed by atoms with E-state index in [1.165, 1.54) is 13.8 Å². The Labute approximate surface area is 119 Å². The highest BCUT2D eigenvalue weighted by molar-refractivity contribution is 7.92. The van der Waals surface area contributed by atoms with Crippen molar-refractivity contribution in [3.63, 3.8) is 0 Å². The van der Waals surface area contributed by atoms with Gasteiger partial charge in [-0.3, -0.25) is 9.69 Å². The summed E-state index contributed by atoms with van der Waals surface area (Å²) in [6, 6.07) is 0. The highest BCUT2D eigenvalue weighted by Gasteiger charge is 2.41. The maximum Gasteiger partial charge on any atom is 0.243 e. The number of sulfone groups is 1. The molecule has 1 aliphatic heterocycles. The Hall–Kier alpha value is -1.35. The Morgan fingerprint density at radius 2 is 1.80 bits per heavy atom. The molecule has 1 aliphatic rings. The van der Waals surface area contributed by atoms with E-state index in [-0.39, 0.29) is 11.7 Å². The first-order valence-corrected chi connectivity index (χ1v) is 8.16. The number of carbonyl (C=O) groups excluding carboxylic acids is 1. The lowest BCUT2D eigenvalue weighted by atomic mass is 10.1. The lowest BCUT2D eigenvalue weighted by Crippen LogP contribution is -2.56. The van der Waals surface area contributed by atoms with E-state index < -0.39 is 14.6 Å². The van der Waals surface area contributed by atoms with E-state index in [2.05, 4.69) is 5.16 Å². The minimum Gasteiger partial charge on any atom is -0.409 e. The molecule has 20 heavy (non-hydrogen) atoms. The van der Waals surface area contributed by atoms with Crippen molar-refractivity contribution in [1.82, 2.24) is 9.80 Å². The van der Waals surface area contributed by atoms with E-state index in [0.29, 0.717) is 32.7 Å². The van der Waals surface area contributed by atoms with Crippen molar-refractivity contribution in [2.24, 2.45) is 10.9 Å². The molecule has 0 atom stereocenters. The zero-order valence-corrected chi connectivity index (χ0v) is 12.9. The van der Waals surface area contributed by atoms with Gasteiger partial charge in [-0.2, -0.15) is 0 Å². The fourth-order valence-corrected chi connectivity index (χ4v) is 2.36. The number of amides is 1. The number of hydrogen-bond acceptors (Lipinski definition) is 6. The first kappa shape index (κ1) is 16.7. The molecule has 9 heteroatoms. The molecule has 0 bridgehead atoms. The summed E-state index contributed by atoms with van der Waals surface area (Å²) in [4.78, 5) is 15.8. The van der Waals surface area contributed by atoms with Gasteiger partial charge in [-0.15, -0.1) is 0 Å². The summed E-state index contributed by atoms with van der Waals surface area (Å²) < 4.78 is 21.9. The topological polar surface area (TPSA) is 116 Å². The van der Waals surface area contributed by atoms with Crippen LogP contribution in [0.5, 0.6) is 0 Å². The van der Waals surface area contributed by atoms with Crippen LogP contribution in [0.1, 0.15) is 13.8 Å². The molecule has 1 amide bonds. The second-order valence-electron chi connectivity index (χ2n) is 5.44. The first-order valence-electron chi connectivity index (χ1n) is 6.27. The van der Waals surface area contributed by atoms with Crippen molar-refractivity contribution in [1.29, 1.82) is 0 Å². The largest absolute Gasteiger partial charge is 0.409 e. The van der Waals surface area contributed by atoms with Gasteiger partial charge in [0.25, 0.3) is 0 Å². The van der Waals surface area contributed by atoms with E-state index in [9.17, 15) is 13.2 Å². The smallest absolute Gasteiger partial charge is 0.243 e. The van der Waals surface area contributed by atoms with Gasteiger partial charge < -0.3 is 15.8 Å². The van der Waals surface area contributed by atoms with Crippen LogP contribution in [0.25, 0.3) is 0 Å². The van der Waals surface area contributed by atoms with E-state index in [0.717, 1.165) is 6.26 Å². The average Bonchev–Trinajstić information content (AvgIpc) is 2.37. The summed E-state index contributed by atoms with van der Waals surface area (Å²) in [6.45, 7) is 5.14. The Balaban J connectivity index is 2.64. The number of oxime groups is 1. The number of amidine groups is 1. The second-order valence-corrected chi connectivity index (χ2v) is 8.01. The fourth-order valence-electron chi connectivity index (χ4n) is 1.91. The maximum absolute atomic E-state index is 12.3. The van der Waals surface area contributed by atoms with Crippen LogP contribution in [0.2, 0.25) is 0 Å². The molecule has 116 valence electrons. The molecular formula is C11H22N4O4S. The van der Waals surface area contributed by atoms with E-state index in [1.807, 2.05) is 4.90 Å². The molecule has 0 unspecified atom stereocenters. The van der Waals surface area contributed by atoms with Crippen molar-refractivity contribution in [2.75, 3.05) is 39.0 Å². The molecular weight excluding hydrogens is 284 g/mol. The molecule has 0 aliphatic carbocycles. The molecule has 0 aromatic rings. The number of nitrogens with zero attached hydrogens (tertiary/aromatic N) is 3. The molecule has 1 saturated heterocycles. The first-order chi connectivity index (χ1) is 9.09. The number of piperazine rings is 1. The minimum atomic E-state index is -3.46. The van der Waals surface area contributed by atoms with Gasteiger partial charge in [0.1, 0.15) is 4.75 Å². The van der Waals surface area contributed by atoms with Crippen LogP contribution in [-0.4, -0.2) is 78.9 Å². The maximum atomic E-state index is 12.3. The van der Waals surface area contributed by atoms with Crippen LogP contribution in [0.3, 0.4) is 0 Å². The molecule has 0 radical (unpaired) electrons. The molecule has 0 aromatic carbocycles. The summed E-state index contributed by atoms with van der Waals surface area (Å²) in [6.07, 6.45) is 1.07. The Bertz CT molecular complexity index is 493. The quantitative estimate of drug-likeness (QED) is 0.289. The second kappa shape index (κ2) is 5.96. The van der Waals surface area contributed by atoms with Gasteiger partial charge in [-0.05, 0) is 13.8 Å². The van der Waals surface area contributed by atoms with E-state index >= 15 is 0 Å². The van der Waals surface area contributed by atoms with Gasteiger partial charge in [0.15, 0.2) is 15.7 Å². The van der Waals surface area contributed by atoms with Gasteiger partial charge in [-0.1, -0.05) is 5.16 Å². The van der Waals surface area contributed by atoms with Gasteiger partial charge in [0.2, 0.25) is 5.91 Å². The third-order valence-corrected chi connectivity index (χ3v) is 5.64. The minimum absolute atomic E-state index is 0.112. The predicted molar refractivity (Wildman–Crippen MR) is 75.4 cm³/mol. The molecule has 3 N–H and O–H groups in total. The number of carbonyl (C=O) groups is 1. The highest BCUT2D eigenvalue weighted by atomic mass is 32.2. The number of rotatable bonds is 4. The molecule has 1 heterocycles. The van der Waals surface area contributed by atoms with Crippen LogP contribution < -0.4 is 5.73 Å². The Morgan fingerprint density at radius 1 is 1.30 bits per heavy atom. The highest BCUT2D eigenvalue weighted by Crippen LogP contribution is 2.19. The van der Waals surface area contributed by atoms with Crippen LogP contribution in [0, 0.1) is 0 Å². The van der Waals surface area contributed by atoms with Crippen molar-refractivity contribution in [3.05, 3.63) is 0 Å². The third-order valence-electron chi connectivity index (χ3n) is 3.62. The summed E-state index contributed by atoms with van der Waals surface area (Å²) >= 11 is 0. The molecule has 0 spiro atoms. The van der Waals surface area contributed by atoms with Crippen molar-refractivity contribution < 1.29 is 18.4 Å². The lowest BCUT2D eigenvalue weighted by molar-refractivity contribution is -0.134. The van der Waals surface area contributed by atoms with Crippen LogP contribution in [0.15, 0.2) is 5.16 Å². The standard InChI is InChI=1S/C11H22N4O4S/c1-11(2,20(3,18)19)10(16)15-6-4-14(5-7-15)8-9(12)13-17/h17H,4-8H2,1-3H3,(H2,12,13). The summed E-state index contributed by atoms with van der Waals surface area (Å²) in [5.41, 5.74) is 5.42. The van der Waals surface area contributed by atoms with Crippen molar-refractivity contribution >= 4 is 21.6 Å². The molecule has 1 fully saturated rings. The Kier molecular flexibility index (Phi) is 4.98. The number of nitrogens with two attached hydrogens (primary N) is 1. The summed E-state index contributed by atoms with van der Waals surface area (Å²) in [5.74, 6) is -0.273. The normalized spacial score (nSPS) is 19.1. The Morgan fingerprint density at radius 3 is 2.20 bits per heavy atom. The van der Waals surface area contributed by atoms with Gasteiger partial charge in [-0.25, -0.2) is 8.42 Å². The fraction of sp³-hybridized carbons (Fsp3) is 0.818. The molecule has 8 nitrogen and oxygen atoms in total. The van der Waals surface area contributed by atoms with Crippen molar-refractivity contribution in [2.45, 2.75) is 18.6 Å². The third kappa shape index (κ3) is 3.60. The zero-order valence-electron chi connectivity index (χ0n) is 12.0. The summed E-state index contributed by atoms with van der Waals surface area (Å²) in [7, 11) is -3.46. The van der Waals surface area contributed by atoms with Crippen molar-refractivity contribution in [3.8, 4) is 0 Å². The zero-order chi connectivity index (χ0) is 15.6. The lowest BCUT2D eigenvalue weighted by Gasteiger charge is -2.37. The average molecular weight is 306 g/mol. The van der Waals surface area contributed by atoms with Crippen LogP contribution in [-0.2, 0) is 14.6 Å². The van der Waals surface area contributed by atoms with E-state index in [1.54, 1.807) is 4.90 Å². The predicted octanol–water partition coefficient (Wildman–Crippen LogP) is -1.30.